The lowest BCUT2D eigenvalue weighted by Crippen LogP contribution is -2.02. The molecular weight excluding hydrogens is 251 g/mol. The van der Waals surface area contributed by atoms with Gasteiger partial charge in [0.1, 0.15) is 5.82 Å². The molecule has 1 aromatic rings. The lowest BCUT2D eigenvalue weighted by atomic mass is 10.0. The Bertz CT molecular complexity index is 375. The fourth-order valence-electron chi connectivity index (χ4n) is 1.15. The maximum atomic E-state index is 13.5. The summed E-state index contributed by atoms with van der Waals surface area (Å²) in [6.45, 7) is 3.63. The van der Waals surface area contributed by atoms with Crippen molar-refractivity contribution in [3.8, 4) is 0 Å². The van der Waals surface area contributed by atoms with Gasteiger partial charge in [0.05, 0.1) is 10.0 Å². The zero-order chi connectivity index (χ0) is 10.9. The molecule has 0 aliphatic heterocycles. The number of benzene rings is 1. The quantitative estimate of drug-likeness (QED) is 0.885. The van der Waals surface area contributed by atoms with Gasteiger partial charge in [-0.15, -0.1) is 0 Å². The molecule has 1 aromatic carbocycles. The summed E-state index contributed by atoms with van der Waals surface area (Å²) in [5.41, 5.74) is 0.513. The smallest absolute Gasteiger partial charge is 0.335 e. The first kappa shape index (κ1) is 11.2. The first-order chi connectivity index (χ1) is 6.43. The molecule has 0 radical (unpaired) electrons. The van der Waals surface area contributed by atoms with E-state index in [0.29, 0.717) is 5.56 Å². The van der Waals surface area contributed by atoms with Gasteiger partial charge in [0.25, 0.3) is 0 Å². The molecule has 76 valence electrons. The molecule has 0 saturated carbocycles. The molecule has 0 saturated heterocycles. The van der Waals surface area contributed by atoms with Crippen molar-refractivity contribution in [2.75, 3.05) is 0 Å². The zero-order valence-electron chi connectivity index (χ0n) is 7.84. The minimum atomic E-state index is -1.05. The van der Waals surface area contributed by atoms with Gasteiger partial charge in [-0.1, -0.05) is 13.8 Å². The molecule has 4 heteroatoms. The SMILES string of the molecule is CC(C)c1cc(C(=O)O)cc(Br)c1F. The van der Waals surface area contributed by atoms with Gasteiger partial charge < -0.3 is 5.11 Å². The average molecular weight is 261 g/mol. The van der Waals surface area contributed by atoms with Crippen LogP contribution in [0, 0.1) is 5.82 Å². The Morgan fingerprint density at radius 3 is 2.50 bits per heavy atom. The van der Waals surface area contributed by atoms with Crippen LogP contribution in [0.4, 0.5) is 4.39 Å². The van der Waals surface area contributed by atoms with E-state index in [2.05, 4.69) is 15.9 Å². The highest BCUT2D eigenvalue weighted by Crippen LogP contribution is 2.26. The monoisotopic (exact) mass is 260 g/mol. The van der Waals surface area contributed by atoms with E-state index in [1.54, 1.807) is 0 Å². The highest BCUT2D eigenvalue weighted by atomic mass is 79.9. The van der Waals surface area contributed by atoms with Crippen LogP contribution in [0.3, 0.4) is 0 Å². The zero-order valence-corrected chi connectivity index (χ0v) is 9.43. The van der Waals surface area contributed by atoms with Crippen LogP contribution < -0.4 is 0 Å². The van der Waals surface area contributed by atoms with E-state index in [1.807, 2.05) is 13.8 Å². The second-order valence-corrected chi connectivity index (χ2v) is 4.18. The second-order valence-electron chi connectivity index (χ2n) is 3.32. The number of carbonyl (C=O) groups is 1. The minimum Gasteiger partial charge on any atom is -0.478 e. The number of hydrogen-bond donors (Lipinski definition) is 1. The first-order valence-electron chi connectivity index (χ1n) is 4.15. The van der Waals surface area contributed by atoms with Crippen molar-refractivity contribution in [1.82, 2.24) is 0 Å². The molecule has 0 atom stereocenters. The maximum absolute atomic E-state index is 13.5. The van der Waals surface area contributed by atoms with Crippen LogP contribution in [0.2, 0.25) is 0 Å². The molecule has 0 aliphatic rings. The summed E-state index contributed by atoms with van der Waals surface area (Å²) in [6, 6.07) is 2.64. The highest BCUT2D eigenvalue weighted by Gasteiger charge is 2.14. The van der Waals surface area contributed by atoms with Gasteiger partial charge in [-0.25, -0.2) is 9.18 Å². The summed E-state index contributed by atoms with van der Waals surface area (Å²) < 4.78 is 13.7. The van der Waals surface area contributed by atoms with Gasteiger partial charge in [-0.05, 0) is 39.5 Å². The highest BCUT2D eigenvalue weighted by molar-refractivity contribution is 9.10. The van der Waals surface area contributed by atoms with Crippen LogP contribution in [0.15, 0.2) is 16.6 Å². The molecule has 2 nitrogen and oxygen atoms in total. The Labute approximate surface area is 89.9 Å². The minimum absolute atomic E-state index is 0.0365. The van der Waals surface area contributed by atoms with Crippen LogP contribution in [-0.2, 0) is 0 Å². The van der Waals surface area contributed by atoms with E-state index in [1.165, 1.54) is 12.1 Å². The van der Waals surface area contributed by atoms with E-state index >= 15 is 0 Å². The van der Waals surface area contributed by atoms with Crippen molar-refractivity contribution < 1.29 is 14.3 Å². The number of rotatable bonds is 2. The summed E-state index contributed by atoms with van der Waals surface area (Å²) >= 11 is 3.00. The Kier molecular flexibility index (Phi) is 3.26. The van der Waals surface area contributed by atoms with E-state index in [0.717, 1.165) is 0 Å². The van der Waals surface area contributed by atoms with Crippen LogP contribution >= 0.6 is 15.9 Å². The summed E-state index contributed by atoms with van der Waals surface area (Å²) in [4.78, 5) is 10.7. The van der Waals surface area contributed by atoms with Gasteiger partial charge in [0.2, 0.25) is 0 Å². The third-order valence-electron chi connectivity index (χ3n) is 1.93. The number of hydrogen-bond acceptors (Lipinski definition) is 1. The van der Waals surface area contributed by atoms with Crippen LogP contribution in [0.5, 0.6) is 0 Å². The predicted octanol–water partition coefficient (Wildman–Crippen LogP) is 3.41. The molecule has 1 N–H and O–H groups in total. The van der Waals surface area contributed by atoms with Gasteiger partial charge in [0.15, 0.2) is 0 Å². The maximum Gasteiger partial charge on any atom is 0.335 e. The summed E-state index contributed by atoms with van der Waals surface area (Å²) in [5.74, 6) is -1.47. The van der Waals surface area contributed by atoms with Gasteiger partial charge in [-0.3, -0.25) is 0 Å². The number of aromatic carboxylic acids is 1. The molecule has 0 aliphatic carbocycles. The molecule has 0 bridgehead atoms. The standard InChI is InChI=1S/C10H10BrFO2/c1-5(2)7-3-6(10(13)14)4-8(11)9(7)12/h3-5H,1-2H3,(H,13,14). The fourth-order valence-corrected chi connectivity index (χ4v) is 1.63. The fraction of sp³-hybridized carbons (Fsp3) is 0.300. The van der Waals surface area contributed by atoms with Gasteiger partial charge in [-0.2, -0.15) is 0 Å². The Morgan fingerprint density at radius 1 is 1.50 bits per heavy atom. The Balaban J connectivity index is 3.35. The second kappa shape index (κ2) is 4.09. The van der Waals surface area contributed by atoms with E-state index in [4.69, 9.17) is 5.11 Å². The van der Waals surface area contributed by atoms with E-state index in [-0.39, 0.29) is 21.8 Å². The molecule has 0 amide bonds. The van der Waals surface area contributed by atoms with Crippen LogP contribution in [0.25, 0.3) is 0 Å². The van der Waals surface area contributed by atoms with Gasteiger partial charge in [0, 0.05) is 0 Å². The van der Waals surface area contributed by atoms with Crippen molar-refractivity contribution in [2.45, 2.75) is 19.8 Å². The van der Waals surface area contributed by atoms with Crippen molar-refractivity contribution in [3.05, 3.63) is 33.5 Å². The molecule has 0 heterocycles. The third kappa shape index (κ3) is 2.12. The molecule has 14 heavy (non-hydrogen) atoms. The molecule has 0 unspecified atom stereocenters. The van der Waals surface area contributed by atoms with Crippen LogP contribution in [0.1, 0.15) is 35.7 Å². The Morgan fingerprint density at radius 2 is 2.07 bits per heavy atom. The third-order valence-corrected chi connectivity index (χ3v) is 2.50. The number of halogens is 2. The summed E-state index contributed by atoms with van der Waals surface area (Å²) in [7, 11) is 0. The molecule has 0 aromatic heterocycles. The Hall–Kier alpha value is -0.900. The number of carboxylic acid groups (broad SMARTS) is 1. The van der Waals surface area contributed by atoms with Crippen molar-refractivity contribution >= 4 is 21.9 Å². The summed E-state index contributed by atoms with van der Waals surface area (Å²) in [5, 5.41) is 8.76. The molecule has 0 spiro atoms. The topological polar surface area (TPSA) is 37.3 Å². The van der Waals surface area contributed by atoms with Crippen LogP contribution in [-0.4, -0.2) is 11.1 Å². The summed E-state index contributed by atoms with van der Waals surface area (Å²) in [6.07, 6.45) is 0. The molecule has 0 fully saturated rings. The molecule has 1 rings (SSSR count). The van der Waals surface area contributed by atoms with E-state index in [9.17, 15) is 9.18 Å². The lowest BCUT2D eigenvalue weighted by Gasteiger charge is -2.09. The number of carboxylic acids is 1. The van der Waals surface area contributed by atoms with E-state index < -0.39 is 5.97 Å². The average Bonchev–Trinajstić information content (AvgIpc) is 2.08. The first-order valence-corrected chi connectivity index (χ1v) is 4.95. The van der Waals surface area contributed by atoms with Gasteiger partial charge >= 0.3 is 5.97 Å². The normalized spacial score (nSPS) is 10.6. The lowest BCUT2D eigenvalue weighted by molar-refractivity contribution is 0.0696. The van der Waals surface area contributed by atoms with Crippen molar-refractivity contribution in [2.24, 2.45) is 0 Å². The largest absolute Gasteiger partial charge is 0.478 e. The van der Waals surface area contributed by atoms with Crippen molar-refractivity contribution in [3.63, 3.8) is 0 Å². The van der Waals surface area contributed by atoms with Crippen molar-refractivity contribution in [1.29, 1.82) is 0 Å². The molecular formula is C10H10BrFO2. The predicted molar refractivity (Wildman–Crippen MR) is 55.1 cm³/mol.